The summed E-state index contributed by atoms with van der Waals surface area (Å²) in [5, 5.41) is 0. The molecule has 3 rings (SSSR count). The summed E-state index contributed by atoms with van der Waals surface area (Å²) in [6.45, 7) is 0. The van der Waals surface area contributed by atoms with Crippen LogP contribution < -0.4 is 4.74 Å². The highest BCUT2D eigenvalue weighted by atomic mass is 16.5. The molecule has 0 spiro atoms. The molecule has 0 saturated heterocycles. The molecule has 92 valence electrons. The summed E-state index contributed by atoms with van der Waals surface area (Å²) in [6, 6.07) is 7.81. The van der Waals surface area contributed by atoms with Crippen LogP contribution in [0.5, 0.6) is 5.75 Å². The summed E-state index contributed by atoms with van der Waals surface area (Å²) in [4.78, 5) is 11.7. The number of carbonyl (C=O) groups excluding carboxylic acids is 1. The van der Waals surface area contributed by atoms with E-state index in [-0.39, 0.29) is 5.78 Å². The van der Waals surface area contributed by atoms with Crippen LogP contribution in [0.4, 0.5) is 0 Å². The highest BCUT2D eigenvalue weighted by Crippen LogP contribution is 2.33. The van der Waals surface area contributed by atoms with Crippen LogP contribution in [0, 0.1) is 0 Å². The predicted octanol–water partition coefficient (Wildman–Crippen LogP) is 3.47. The molecule has 0 amide bonds. The SMILES string of the molecule is COc1ccc(-c2coc3c2CCCC3=O)cc1. The molecule has 0 saturated carbocycles. The fourth-order valence-electron chi connectivity index (χ4n) is 2.42. The van der Waals surface area contributed by atoms with Gasteiger partial charge < -0.3 is 9.15 Å². The number of Topliss-reactive ketones (excluding diaryl/α,β-unsaturated/α-hetero) is 1. The van der Waals surface area contributed by atoms with E-state index in [1.807, 2.05) is 24.3 Å². The van der Waals surface area contributed by atoms with Gasteiger partial charge in [0.25, 0.3) is 0 Å². The van der Waals surface area contributed by atoms with Crippen LogP contribution in [-0.2, 0) is 6.42 Å². The third-order valence-corrected chi connectivity index (χ3v) is 3.38. The Labute approximate surface area is 105 Å². The van der Waals surface area contributed by atoms with Crippen LogP contribution in [0.25, 0.3) is 11.1 Å². The largest absolute Gasteiger partial charge is 0.497 e. The molecule has 1 aliphatic rings. The van der Waals surface area contributed by atoms with Gasteiger partial charge in [-0.2, -0.15) is 0 Å². The zero-order valence-electron chi connectivity index (χ0n) is 10.2. The van der Waals surface area contributed by atoms with E-state index < -0.39 is 0 Å². The zero-order chi connectivity index (χ0) is 12.5. The van der Waals surface area contributed by atoms with Gasteiger partial charge in [0.2, 0.25) is 0 Å². The van der Waals surface area contributed by atoms with Crippen LogP contribution >= 0.6 is 0 Å². The Morgan fingerprint density at radius 2 is 1.94 bits per heavy atom. The molecule has 0 N–H and O–H groups in total. The Hall–Kier alpha value is -2.03. The quantitative estimate of drug-likeness (QED) is 0.809. The predicted molar refractivity (Wildman–Crippen MR) is 68.0 cm³/mol. The standard InChI is InChI=1S/C15H14O3/c1-17-11-7-5-10(6-8-11)13-9-18-15-12(13)3-2-4-14(15)16/h5-9H,2-4H2,1H3. The van der Waals surface area contributed by atoms with Gasteiger partial charge in [0.05, 0.1) is 13.4 Å². The van der Waals surface area contributed by atoms with Crippen LogP contribution in [0.3, 0.4) is 0 Å². The maximum Gasteiger partial charge on any atom is 0.198 e. The molecular weight excluding hydrogens is 228 g/mol. The summed E-state index contributed by atoms with van der Waals surface area (Å²) in [6.07, 6.45) is 4.12. The van der Waals surface area contributed by atoms with Crippen molar-refractivity contribution in [3.8, 4) is 16.9 Å². The lowest BCUT2D eigenvalue weighted by molar-refractivity contribution is 0.0944. The smallest absolute Gasteiger partial charge is 0.198 e. The number of furan rings is 1. The molecule has 0 radical (unpaired) electrons. The molecule has 3 heteroatoms. The van der Waals surface area contributed by atoms with Gasteiger partial charge in [-0.15, -0.1) is 0 Å². The lowest BCUT2D eigenvalue weighted by atomic mass is 9.92. The summed E-state index contributed by atoms with van der Waals surface area (Å²) in [5.74, 6) is 1.50. The molecular formula is C15H14O3. The number of benzene rings is 1. The first-order valence-electron chi connectivity index (χ1n) is 6.07. The van der Waals surface area contributed by atoms with Crippen molar-refractivity contribution in [1.29, 1.82) is 0 Å². The number of methoxy groups -OCH3 is 1. The molecule has 0 aliphatic heterocycles. The van der Waals surface area contributed by atoms with Gasteiger partial charge in [-0.25, -0.2) is 0 Å². The van der Waals surface area contributed by atoms with Crippen molar-refractivity contribution in [2.75, 3.05) is 7.11 Å². The number of ether oxygens (including phenoxy) is 1. The summed E-state index contributed by atoms with van der Waals surface area (Å²) in [7, 11) is 1.65. The minimum atomic E-state index is 0.121. The van der Waals surface area contributed by atoms with Crippen molar-refractivity contribution < 1.29 is 13.9 Å². The number of carbonyl (C=O) groups is 1. The van der Waals surface area contributed by atoms with Crippen LogP contribution in [0.15, 0.2) is 34.9 Å². The minimum absolute atomic E-state index is 0.121. The van der Waals surface area contributed by atoms with Crippen molar-refractivity contribution in [2.24, 2.45) is 0 Å². The maximum atomic E-state index is 11.7. The molecule has 0 atom stereocenters. The third kappa shape index (κ3) is 1.72. The zero-order valence-corrected chi connectivity index (χ0v) is 10.2. The Morgan fingerprint density at radius 1 is 1.17 bits per heavy atom. The van der Waals surface area contributed by atoms with E-state index >= 15 is 0 Å². The highest BCUT2D eigenvalue weighted by molar-refractivity contribution is 5.97. The average molecular weight is 242 g/mol. The topological polar surface area (TPSA) is 39.4 Å². The molecule has 0 fully saturated rings. The van der Waals surface area contributed by atoms with Crippen LogP contribution in [0.2, 0.25) is 0 Å². The van der Waals surface area contributed by atoms with E-state index in [4.69, 9.17) is 9.15 Å². The van der Waals surface area contributed by atoms with Gasteiger partial charge in [-0.3, -0.25) is 4.79 Å². The van der Waals surface area contributed by atoms with Crippen molar-refractivity contribution in [3.63, 3.8) is 0 Å². The normalized spacial score (nSPS) is 14.4. The number of fused-ring (bicyclic) bond motifs is 1. The third-order valence-electron chi connectivity index (χ3n) is 3.38. The lowest BCUT2D eigenvalue weighted by Crippen LogP contribution is -2.08. The van der Waals surface area contributed by atoms with Gasteiger partial charge in [0.1, 0.15) is 5.75 Å². The van der Waals surface area contributed by atoms with Crippen molar-refractivity contribution in [3.05, 3.63) is 41.9 Å². The molecule has 0 unspecified atom stereocenters. The van der Waals surface area contributed by atoms with E-state index in [0.29, 0.717) is 12.2 Å². The minimum Gasteiger partial charge on any atom is -0.497 e. The molecule has 18 heavy (non-hydrogen) atoms. The molecule has 3 nitrogen and oxygen atoms in total. The average Bonchev–Trinajstić information content (AvgIpc) is 2.84. The fraction of sp³-hybridized carbons (Fsp3) is 0.267. The molecule has 1 aliphatic carbocycles. The molecule has 1 heterocycles. The van der Waals surface area contributed by atoms with E-state index in [9.17, 15) is 4.79 Å². The first kappa shape index (κ1) is 11.1. The van der Waals surface area contributed by atoms with E-state index in [0.717, 1.165) is 35.3 Å². The van der Waals surface area contributed by atoms with Crippen molar-refractivity contribution >= 4 is 5.78 Å². The number of hydrogen-bond acceptors (Lipinski definition) is 3. The van der Waals surface area contributed by atoms with E-state index in [2.05, 4.69) is 0 Å². The Bertz CT molecular complexity index is 578. The van der Waals surface area contributed by atoms with Crippen LogP contribution in [-0.4, -0.2) is 12.9 Å². The van der Waals surface area contributed by atoms with Gasteiger partial charge in [-0.05, 0) is 30.5 Å². The van der Waals surface area contributed by atoms with E-state index in [1.54, 1.807) is 13.4 Å². The van der Waals surface area contributed by atoms with Crippen molar-refractivity contribution in [1.82, 2.24) is 0 Å². The molecule has 0 bridgehead atoms. The molecule has 2 aromatic rings. The van der Waals surface area contributed by atoms with Crippen molar-refractivity contribution in [2.45, 2.75) is 19.3 Å². The number of hydrogen-bond donors (Lipinski definition) is 0. The monoisotopic (exact) mass is 242 g/mol. The number of rotatable bonds is 2. The lowest BCUT2D eigenvalue weighted by Gasteiger charge is -2.10. The number of ketones is 1. The second-order valence-corrected chi connectivity index (χ2v) is 4.46. The van der Waals surface area contributed by atoms with Crippen LogP contribution in [0.1, 0.15) is 29.0 Å². The second-order valence-electron chi connectivity index (χ2n) is 4.46. The Morgan fingerprint density at radius 3 is 2.67 bits per heavy atom. The first-order chi connectivity index (χ1) is 8.79. The Balaban J connectivity index is 2.04. The summed E-state index contributed by atoms with van der Waals surface area (Å²) >= 11 is 0. The maximum absolute atomic E-state index is 11.7. The van der Waals surface area contributed by atoms with Gasteiger partial charge in [0, 0.05) is 17.5 Å². The summed E-state index contributed by atoms with van der Waals surface area (Å²) < 4.78 is 10.6. The summed E-state index contributed by atoms with van der Waals surface area (Å²) in [5.41, 5.74) is 3.15. The molecule has 1 aromatic carbocycles. The Kier molecular flexibility index (Phi) is 2.67. The van der Waals surface area contributed by atoms with Gasteiger partial charge in [-0.1, -0.05) is 12.1 Å². The fourth-order valence-corrected chi connectivity index (χ4v) is 2.42. The van der Waals surface area contributed by atoms with Gasteiger partial charge in [0.15, 0.2) is 11.5 Å². The molecule has 1 aromatic heterocycles. The first-order valence-corrected chi connectivity index (χ1v) is 6.07. The van der Waals surface area contributed by atoms with Gasteiger partial charge >= 0.3 is 0 Å². The second kappa shape index (κ2) is 4.33. The van der Waals surface area contributed by atoms with E-state index in [1.165, 1.54) is 0 Å². The highest BCUT2D eigenvalue weighted by Gasteiger charge is 2.24.